The first-order valence-corrected chi connectivity index (χ1v) is 6.39. The first-order chi connectivity index (χ1) is 7.48. The molecule has 1 heterocycles. The quantitative estimate of drug-likeness (QED) is 0.854. The molecule has 1 atom stereocenters. The molecule has 0 amide bonds. The van der Waals surface area contributed by atoms with Crippen molar-refractivity contribution in [3.05, 3.63) is 34.5 Å². The van der Waals surface area contributed by atoms with Gasteiger partial charge in [-0.3, -0.25) is 0 Å². The lowest BCUT2D eigenvalue weighted by Gasteiger charge is -2.11. The molecule has 2 rings (SSSR count). The van der Waals surface area contributed by atoms with Gasteiger partial charge in [0, 0.05) is 6.04 Å². The third-order valence-corrected chi connectivity index (χ3v) is 4.79. The predicted molar refractivity (Wildman–Crippen MR) is 60.1 cm³/mol. The SMILES string of the molecule is CNC(C)C1=Cc2cccc(F)c2S1(=O)=O. The zero-order valence-electron chi connectivity index (χ0n) is 8.99. The van der Waals surface area contributed by atoms with Crippen molar-refractivity contribution in [2.45, 2.75) is 17.9 Å². The van der Waals surface area contributed by atoms with Crippen LogP contribution < -0.4 is 5.32 Å². The second-order valence-electron chi connectivity index (χ2n) is 3.72. The minimum Gasteiger partial charge on any atom is -0.313 e. The van der Waals surface area contributed by atoms with E-state index in [1.807, 2.05) is 0 Å². The van der Waals surface area contributed by atoms with Gasteiger partial charge in [-0.25, -0.2) is 12.8 Å². The van der Waals surface area contributed by atoms with E-state index in [0.717, 1.165) is 6.07 Å². The maximum Gasteiger partial charge on any atom is 0.207 e. The summed E-state index contributed by atoms with van der Waals surface area (Å²) in [4.78, 5) is 0.0159. The van der Waals surface area contributed by atoms with Crippen LogP contribution in [0.4, 0.5) is 4.39 Å². The Balaban J connectivity index is 2.65. The standard InChI is InChI=1S/C11H12FNO2S/c1-7(13-2)10-6-8-4-3-5-9(12)11(8)16(10,14)15/h3-7,13H,1-2H3. The molecule has 1 unspecified atom stereocenters. The van der Waals surface area contributed by atoms with Crippen LogP contribution in [0.1, 0.15) is 12.5 Å². The van der Waals surface area contributed by atoms with E-state index in [4.69, 9.17) is 0 Å². The van der Waals surface area contributed by atoms with E-state index in [0.29, 0.717) is 5.56 Å². The Morgan fingerprint density at radius 1 is 1.38 bits per heavy atom. The lowest BCUT2D eigenvalue weighted by atomic mass is 10.2. The van der Waals surface area contributed by atoms with Gasteiger partial charge in [0.05, 0.1) is 4.91 Å². The second-order valence-corrected chi connectivity index (χ2v) is 5.61. The van der Waals surface area contributed by atoms with Gasteiger partial charge in [0.1, 0.15) is 10.7 Å². The fourth-order valence-electron chi connectivity index (χ4n) is 1.77. The summed E-state index contributed by atoms with van der Waals surface area (Å²) < 4.78 is 37.6. The number of fused-ring (bicyclic) bond motifs is 1. The molecule has 0 spiro atoms. The van der Waals surface area contributed by atoms with E-state index in [-0.39, 0.29) is 15.8 Å². The number of nitrogens with one attached hydrogen (secondary N) is 1. The Labute approximate surface area is 93.9 Å². The Morgan fingerprint density at radius 2 is 2.06 bits per heavy atom. The highest BCUT2D eigenvalue weighted by atomic mass is 32.2. The first kappa shape index (κ1) is 11.3. The molecule has 1 N–H and O–H groups in total. The van der Waals surface area contributed by atoms with Gasteiger partial charge in [0.15, 0.2) is 0 Å². The Kier molecular flexibility index (Phi) is 2.59. The van der Waals surface area contributed by atoms with Crippen LogP contribution in [0.2, 0.25) is 0 Å². The lowest BCUT2D eigenvalue weighted by molar-refractivity contribution is 0.568. The first-order valence-electron chi connectivity index (χ1n) is 4.91. The van der Waals surface area contributed by atoms with Crippen LogP contribution in [0.15, 0.2) is 28.0 Å². The van der Waals surface area contributed by atoms with Crippen molar-refractivity contribution in [3.8, 4) is 0 Å². The number of likely N-dealkylation sites (N-methyl/N-ethyl adjacent to an activating group) is 1. The summed E-state index contributed by atoms with van der Waals surface area (Å²) in [7, 11) is -2.00. The average Bonchev–Trinajstić information content (AvgIpc) is 2.50. The van der Waals surface area contributed by atoms with Crippen molar-refractivity contribution in [2.75, 3.05) is 7.05 Å². The van der Waals surface area contributed by atoms with Crippen molar-refractivity contribution < 1.29 is 12.8 Å². The molecule has 0 fully saturated rings. The molecular weight excluding hydrogens is 229 g/mol. The third kappa shape index (κ3) is 1.47. The van der Waals surface area contributed by atoms with Gasteiger partial charge < -0.3 is 5.32 Å². The topological polar surface area (TPSA) is 46.2 Å². The smallest absolute Gasteiger partial charge is 0.207 e. The van der Waals surface area contributed by atoms with Crippen LogP contribution in [0.25, 0.3) is 6.08 Å². The van der Waals surface area contributed by atoms with E-state index in [2.05, 4.69) is 5.32 Å². The molecule has 5 heteroatoms. The zero-order valence-corrected chi connectivity index (χ0v) is 9.81. The summed E-state index contributed by atoms with van der Waals surface area (Å²) >= 11 is 0. The largest absolute Gasteiger partial charge is 0.313 e. The molecule has 0 radical (unpaired) electrons. The summed E-state index contributed by atoms with van der Waals surface area (Å²) in [6, 6.07) is 3.95. The molecule has 86 valence electrons. The molecule has 0 bridgehead atoms. The summed E-state index contributed by atoms with van der Waals surface area (Å²) in [5, 5.41) is 2.85. The minimum absolute atomic E-state index is 0.202. The van der Waals surface area contributed by atoms with Gasteiger partial charge in [-0.2, -0.15) is 0 Å². The predicted octanol–water partition coefficient (Wildman–Crippen LogP) is 1.56. The Bertz CT molecular complexity index is 563. The van der Waals surface area contributed by atoms with E-state index >= 15 is 0 Å². The summed E-state index contributed by atoms with van der Waals surface area (Å²) in [5.41, 5.74) is 0.428. The molecule has 1 aliphatic heterocycles. The normalized spacial score (nSPS) is 19.1. The van der Waals surface area contributed by atoms with Crippen LogP contribution >= 0.6 is 0 Å². The molecule has 1 aliphatic rings. The minimum atomic E-state index is -3.66. The van der Waals surface area contributed by atoms with Crippen molar-refractivity contribution >= 4 is 15.9 Å². The molecular formula is C11H12FNO2S. The van der Waals surface area contributed by atoms with Gasteiger partial charge in [-0.1, -0.05) is 12.1 Å². The number of halogens is 1. The van der Waals surface area contributed by atoms with E-state index in [1.165, 1.54) is 12.1 Å². The maximum atomic E-state index is 13.5. The van der Waals surface area contributed by atoms with Gasteiger partial charge in [-0.05, 0) is 31.7 Å². The fraction of sp³-hybridized carbons (Fsp3) is 0.273. The number of hydrogen-bond donors (Lipinski definition) is 1. The summed E-state index contributed by atoms with van der Waals surface area (Å²) in [5.74, 6) is -0.688. The third-order valence-electron chi connectivity index (χ3n) is 2.73. The lowest BCUT2D eigenvalue weighted by Crippen LogP contribution is -2.26. The summed E-state index contributed by atoms with van der Waals surface area (Å²) in [6.45, 7) is 1.73. The molecule has 0 saturated carbocycles. The molecule has 0 aliphatic carbocycles. The number of benzene rings is 1. The maximum absolute atomic E-state index is 13.5. The van der Waals surface area contributed by atoms with E-state index in [9.17, 15) is 12.8 Å². The van der Waals surface area contributed by atoms with Gasteiger partial charge >= 0.3 is 0 Å². The summed E-state index contributed by atoms with van der Waals surface area (Å²) in [6.07, 6.45) is 1.52. The van der Waals surface area contributed by atoms with Crippen LogP contribution in [-0.4, -0.2) is 21.5 Å². The molecule has 3 nitrogen and oxygen atoms in total. The second kappa shape index (κ2) is 3.68. The molecule has 1 aromatic rings. The number of sulfone groups is 1. The van der Waals surface area contributed by atoms with Crippen LogP contribution in [-0.2, 0) is 9.84 Å². The Hall–Kier alpha value is -1.20. The molecule has 0 aromatic heterocycles. The fourth-order valence-corrected chi connectivity index (χ4v) is 3.63. The van der Waals surface area contributed by atoms with E-state index in [1.54, 1.807) is 20.0 Å². The van der Waals surface area contributed by atoms with Crippen molar-refractivity contribution in [3.63, 3.8) is 0 Å². The number of hydrogen-bond acceptors (Lipinski definition) is 3. The van der Waals surface area contributed by atoms with E-state index < -0.39 is 15.7 Å². The van der Waals surface area contributed by atoms with Gasteiger partial charge in [0.2, 0.25) is 9.84 Å². The highest BCUT2D eigenvalue weighted by molar-refractivity contribution is 7.96. The monoisotopic (exact) mass is 241 g/mol. The average molecular weight is 241 g/mol. The van der Waals surface area contributed by atoms with Crippen molar-refractivity contribution in [1.82, 2.24) is 5.32 Å². The molecule has 16 heavy (non-hydrogen) atoms. The highest BCUT2D eigenvalue weighted by Crippen LogP contribution is 2.35. The van der Waals surface area contributed by atoms with Crippen LogP contribution in [0, 0.1) is 5.82 Å². The number of rotatable bonds is 2. The van der Waals surface area contributed by atoms with Crippen LogP contribution in [0.5, 0.6) is 0 Å². The highest BCUT2D eigenvalue weighted by Gasteiger charge is 2.34. The van der Waals surface area contributed by atoms with Crippen molar-refractivity contribution in [2.24, 2.45) is 0 Å². The van der Waals surface area contributed by atoms with Gasteiger partial charge in [0.25, 0.3) is 0 Å². The Morgan fingerprint density at radius 3 is 2.62 bits per heavy atom. The van der Waals surface area contributed by atoms with Crippen LogP contribution in [0.3, 0.4) is 0 Å². The van der Waals surface area contributed by atoms with Crippen molar-refractivity contribution in [1.29, 1.82) is 0 Å². The molecule has 0 saturated heterocycles. The molecule has 1 aromatic carbocycles. The van der Waals surface area contributed by atoms with Gasteiger partial charge in [-0.15, -0.1) is 0 Å². The zero-order chi connectivity index (χ0) is 11.9.